The Balaban J connectivity index is 0.00000441. The van der Waals surface area contributed by atoms with E-state index in [0.29, 0.717) is 0 Å². The molecule has 1 rings (SSSR count). The minimum Gasteiger partial charge on any atom is -0.372 e. The number of hydrogen-bond donors (Lipinski definition) is 1. The third-order valence-corrected chi connectivity index (χ3v) is 4.93. The monoisotopic (exact) mass is 518 g/mol. The highest BCUT2D eigenvalue weighted by Gasteiger charge is 2.31. The minimum atomic E-state index is -0.336. The van der Waals surface area contributed by atoms with E-state index in [9.17, 15) is 0 Å². The molecule has 0 spiro atoms. The van der Waals surface area contributed by atoms with Gasteiger partial charge in [0.25, 0.3) is 0 Å². The Labute approximate surface area is 166 Å². The van der Waals surface area contributed by atoms with Gasteiger partial charge in [-0.05, 0) is 44.5 Å². The molecule has 0 aromatic heterocycles. The number of anilines is 1. The zero-order valence-corrected chi connectivity index (χ0v) is 19.0. The van der Waals surface area contributed by atoms with E-state index in [-0.39, 0.29) is 20.6 Å². The van der Waals surface area contributed by atoms with Crippen LogP contribution in [0.15, 0.2) is 24.3 Å². The molecule has 0 saturated carbocycles. The molecule has 0 heterocycles. The van der Waals surface area contributed by atoms with Gasteiger partial charge in [0, 0.05) is 18.8 Å². The predicted octanol–water partition coefficient (Wildman–Crippen LogP) is 6.22. The van der Waals surface area contributed by atoms with Crippen molar-refractivity contribution in [3.63, 3.8) is 0 Å². The van der Waals surface area contributed by atoms with Crippen LogP contribution in [0.3, 0.4) is 0 Å². The Morgan fingerprint density at radius 2 is 1.59 bits per heavy atom. The standard InChI is InChI=1S/C16H25Br3N2.ClH/c1-4-7-12-20-15(16(17,18)19)13-8-10-14(11-9-13)21(5-2)6-3;/h8-11,15,20H,4-7,12H2,1-3H3;1H. The lowest BCUT2D eigenvalue weighted by atomic mass is 10.1. The molecule has 1 unspecified atom stereocenters. The van der Waals surface area contributed by atoms with Crippen molar-refractivity contribution in [2.45, 2.75) is 41.8 Å². The van der Waals surface area contributed by atoms with E-state index < -0.39 is 0 Å². The van der Waals surface area contributed by atoms with Gasteiger partial charge in [0.2, 0.25) is 0 Å². The molecule has 0 amide bonds. The molecule has 2 nitrogen and oxygen atoms in total. The van der Waals surface area contributed by atoms with Gasteiger partial charge in [0.1, 0.15) is 0 Å². The normalized spacial score (nSPS) is 12.6. The van der Waals surface area contributed by atoms with Crippen molar-refractivity contribution in [1.82, 2.24) is 5.32 Å². The SMILES string of the molecule is CCCCNC(c1ccc(N(CC)CC)cc1)C(Br)(Br)Br.Cl. The lowest BCUT2D eigenvalue weighted by molar-refractivity contribution is 0.545. The summed E-state index contributed by atoms with van der Waals surface area (Å²) in [4.78, 5) is 2.35. The smallest absolute Gasteiger partial charge is 0.154 e. The Hall–Kier alpha value is 0.710. The van der Waals surface area contributed by atoms with Crippen molar-refractivity contribution < 1.29 is 0 Å². The summed E-state index contributed by atoms with van der Waals surface area (Å²) in [6, 6.07) is 8.98. The van der Waals surface area contributed by atoms with Crippen molar-refractivity contribution >= 4 is 65.9 Å². The van der Waals surface area contributed by atoms with Crippen LogP contribution in [0.4, 0.5) is 5.69 Å². The molecule has 0 aliphatic rings. The van der Waals surface area contributed by atoms with Crippen molar-refractivity contribution in [2.75, 3.05) is 24.5 Å². The summed E-state index contributed by atoms with van der Waals surface area (Å²) in [6.07, 6.45) is 2.37. The fourth-order valence-corrected chi connectivity index (χ4v) is 3.59. The average Bonchev–Trinajstić information content (AvgIpc) is 2.45. The van der Waals surface area contributed by atoms with Gasteiger partial charge in [-0.25, -0.2) is 0 Å². The second-order valence-electron chi connectivity index (χ2n) is 5.05. The third kappa shape index (κ3) is 7.08. The molecule has 0 radical (unpaired) electrons. The summed E-state index contributed by atoms with van der Waals surface area (Å²) < 4.78 is -0.336. The van der Waals surface area contributed by atoms with Gasteiger partial charge in [0.05, 0.1) is 6.04 Å². The van der Waals surface area contributed by atoms with Crippen LogP contribution >= 0.6 is 60.2 Å². The number of alkyl halides is 3. The van der Waals surface area contributed by atoms with Crippen molar-refractivity contribution in [3.05, 3.63) is 29.8 Å². The van der Waals surface area contributed by atoms with Gasteiger partial charge < -0.3 is 10.2 Å². The fourth-order valence-electron chi connectivity index (χ4n) is 2.31. The first-order valence-electron chi connectivity index (χ1n) is 7.59. The second kappa shape index (κ2) is 11.3. The van der Waals surface area contributed by atoms with Gasteiger partial charge in [-0.3, -0.25) is 0 Å². The van der Waals surface area contributed by atoms with E-state index in [1.807, 2.05) is 0 Å². The molecule has 0 fully saturated rings. The third-order valence-electron chi connectivity index (χ3n) is 3.56. The first kappa shape index (κ1) is 22.7. The first-order chi connectivity index (χ1) is 9.93. The van der Waals surface area contributed by atoms with Crippen LogP contribution in [-0.4, -0.2) is 21.8 Å². The quantitative estimate of drug-likeness (QED) is 0.323. The highest BCUT2D eigenvalue weighted by molar-refractivity contribution is 9.39. The van der Waals surface area contributed by atoms with E-state index in [2.05, 4.69) is 103 Å². The molecular formula is C16H26Br3ClN2. The van der Waals surface area contributed by atoms with E-state index >= 15 is 0 Å². The number of benzene rings is 1. The maximum Gasteiger partial charge on any atom is 0.154 e. The second-order valence-corrected chi connectivity index (χ2v) is 12.0. The molecule has 0 aliphatic heterocycles. The van der Waals surface area contributed by atoms with E-state index in [0.717, 1.165) is 19.6 Å². The van der Waals surface area contributed by atoms with E-state index in [4.69, 9.17) is 0 Å². The number of rotatable bonds is 8. The molecule has 128 valence electrons. The number of hydrogen-bond acceptors (Lipinski definition) is 2. The molecule has 1 aromatic carbocycles. The summed E-state index contributed by atoms with van der Waals surface area (Å²) >= 11 is 11.0. The van der Waals surface area contributed by atoms with Gasteiger partial charge in [-0.1, -0.05) is 73.3 Å². The fraction of sp³-hybridized carbons (Fsp3) is 0.625. The largest absolute Gasteiger partial charge is 0.372 e. The molecular weight excluding hydrogens is 495 g/mol. The predicted molar refractivity (Wildman–Crippen MR) is 112 cm³/mol. The summed E-state index contributed by atoms with van der Waals surface area (Å²) in [6.45, 7) is 9.66. The Morgan fingerprint density at radius 3 is 2.00 bits per heavy atom. The molecule has 1 aromatic rings. The zero-order valence-electron chi connectivity index (χ0n) is 13.4. The molecule has 22 heavy (non-hydrogen) atoms. The topological polar surface area (TPSA) is 15.3 Å². The maximum absolute atomic E-state index is 3.67. The van der Waals surface area contributed by atoms with Crippen LogP contribution in [0, 0.1) is 0 Å². The molecule has 1 atom stereocenters. The number of unbranched alkanes of at least 4 members (excludes halogenated alkanes) is 1. The van der Waals surface area contributed by atoms with E-state index in [1.54, 1.807) is 0 Å². The van der Waals surface area contributed by atoms with Crippen LogP contribution < -0.4 is 10.2 Å². The minimum absolute atomic E-state index is 0. The number of halogens is 4. The van der Waals surface area contributed by atoms with Gasteiger partial charge in [-0.15, -0.1) is 12.4 Å². The van der Waals surface area contributed by atoms with Gasteiger partial charge in [0.15, 0.2) is 2.14 Å². The maximum atomic E-state index is 3.67. The van der Waals surface area contributed by atoms with E-state index in [1.165, 1.54) is 24.1 Å². The lowest BCUT2D eigenvalue weighted by Gasteiger charge is -2.28. The first-order valence-corrected chi connectivity index (χ1v) is 9.96. The Bertz CT molecular complexity index is 403. The molecule has 6 heteroatoms. The summed E-state index contributed by atoms with van der Waals surface area (Å²) in [5, 5.41) is 3.60. The van der Waals surface area contributed by atoms with Crippen LogP contribution in [0.25, 0.3) is 0 Å². The van der Waals surface area contributed by atoms with Crippen LogP contribution in [-0.2, 0) is 0 Å². The average molecular weight is 522 g/mol. The number of nitrogens with zero attached hydrogens (tertiary/aromatic N) is 1. The van der Waals surface area contributed by atoms with Crippen molar-refractivity contribution in [3.8, 4) is 0 Å². The van der Waals surface area contributed by atoms with Gasteiger partial charge >= 0.3 is 0 Å². The Morgan fingerprint density at radius 1 is 1.05 bits per heavy atom. The Kier molecular flexibility index (Phi) is 11.7. The summed E-state index contributed by atoms with van der Waals surface area (Å²) in [7, 11) is 0. The van der Waals surface area contributed by atoms with Crippen molar-refractivity contribution in [2.24, 2.45) is 0 Å². The summed E-state index contributed by atoms with van der Waals surface area (Å²) in [5.74, 6) is 0. The van der Waals surface area contributed by atoms with Gasteiger partial charge in [-0.2, -0.15) is 0 Å². The summed E-state index contributed by atoms with van der Waals surface area (Å²) in [5.41, 5.74) is 2.54. The molecule has 0 aliphatic carbocycles. The van der Waals surface area contributed by atoms with Crippen molar-refractivity contribution in [1.29, 1.82) is 0 Å². The number of nitrogens with one attached hydrogen (secondary N) is 1. The zero-order chi connectivity index (χ0) is 15.9. The molecule has 0 bridgehead atoms. The van der Waals surface area contributed by atoms with Crippen LogP contribution in [0.5, 0.6) is 0 Å². The van der Waals surface area contributed by atoms with Crippen LogP contribution in [0.1, 0.15) is 45.2 Å². The van der Waals surface area contributed by atoms with Crippen LogP contribution in [0.2, 0.25) is 0 Å². The lowest BCUT2D eigenvalue weighted by Crippen LogP contribution is -2.31. The highest BCUT2D eigenvalue weighted by atomic mass is 80.0. The molecule has 1 N–H and O–H groups in total. The highest BCUT2D eigenvalue weighted by Crippen LogP contribution is 2.45. The molecule has 0 saturated heterocycles.